The van der Waals surface area contributed by atoms with Gasteiger partial charge in [-0.25, -0.2) is 4.98 Å². The lowest BCUT2D eigenvalue weighted by Crippen LogP contribution is -2.15. The van der Waals surface area contributed by atoms with Gasteiger partial charge in [-0.3, -0.25) is 14.0 Å². The highest BCUT2D eigenvalue weighted by molar-refractivity contribution is 7.15. The Kier molecular flexibility index (Phi) is 3.95. The Labute approximate surface area is 162 Å². The van der Waals surface area contributed by atoms with Gasteiger partial charge in [0, 0.05) is 28.6 Å². The van der Waals surface area contributed by atoms with Crippen molar-refractivity contribution in [2.45, 2.75) is 13.0 Å². The molecule has 0 amide bonds. The SMILES string of the molecule is O=C(Cc1coc2ccc3ccccc3c12)OCc1cc(=O)n2ccsc2n1. The fourth-order valence-corrected chi connectivity index (χ4v) is 4.07. The van der Waals surface area contributed by atoms with Crippen molar-refractivity contribution >= 4 is 44.0 Å². The van der Waals surface area contributed by atoms with Crippen molar-refractivity contribution in [1.29, 1.82) is 0 Å². The van der Waals surface area contributed by atoms with Crippen molar-refractivity contribution < 1.29 is 13.9 Å². The zero-order valence-electron chi connectivity index (χ0n) is 14.6. The Bertz CT molecular complexity index is 1400. The van der Waals surface area contributed by atoms with Crippen LogP contribution in [-0.2, 0) is 22.6 Å². The summed E-state index contributed by atoms with van der Waals surface area (Å²) in [6.45, 7) is -0.0427. The van der Waals surface area contributed by atoms with E-state index in [1.54, 1.807) is 17.8 Å². The van der Waals surface area contributed by atoms with Crippen molar-refractivity contribution in [3.63, 3.8) is 0 Å². The summed E-state index contributed by atoms with van der Waals surface area (Å²) in [4.78, 5) is 29.3. The quantitative estimate of drug-likeness (QED) is 0.435. The molecular formula is C21H14N2O4S. The van der Waals surface area contributed by atoms with Crippen LogP contribution >= 0.6 is 11.3 Å². The van der Waals surface area contributed by atoms with Gasteiger partial charge in [0.05, 0.1) is 18.4 Å². The van der Waals surface area contributed by atoms with Crippen LogP contribution in [0.2, 0.25) is 0 Å². The number of fused-ring (bicyclic) bond motifs is 4. The van der Waals surface area contributed by atoms with Crippen LogP contribution in [0.1, 0.15) is 11.3 Å². The average molecular weight is 390 g/mol. The van der Waals surface area contributed by atoms with Crippen LogP contribution in [0.3, 0.4) is 0 Å². The molecule has 6 nitrogen and oxygen atoms in total. The first-order chi connectivity index (χ1) is 13.7. The summed E-state index contributed by atoms with van der Waals surface area (Å²) in [6.07, 6.45) is 3.35. The van der Waals surface area contributed by atoms with Gasteiger partial charge < -0.3 is 9.15 Å². The second-order valence-corrected chi connectivity index (χ2v) is 7.27. The van der Waals surface area contributed by atoms with Gasteiger partial charge in [-0.15, -0.1) is 11.3 Å². The number of hydrogen-bond acceptors (Lipinski definition) is 6. The zero-order valence-corrected chi connectivity index (χ0v) is 15.4. The van der Waals surface area contributed by atoms with Crippen LogP contribution in [0.5, 0.6) is 0 Å². The molecule has 138 valence electrons. The highest BCUT2D eigenvalue weighted by Crippen LogP contribution is 2.30. The maximum Gasteiger partial charge on any atom is 0.310 e. The van der Waals surface area contributed by atoms with Crippen molar-refractivity contribution in [1.82, 2.24) is 9.38 Å². The number of hydrogen-bond donors (Lipinski definition) is 0. The first-order valence-corrected chi connectivity index (χ1v) is 9.56. The van der Waals surface area contributed by atoms with E-state index in [1.165, 1.54) is 21.8 Å². The molecule has 0 fully saturated rings. The van der Waals surface area contributed by atoms with Crippen LogP contribution < -0.4 is 5.56 Å². The summed E-state index contributed by atoms with van der Waals surface area (Å²) in [5.41, 5.74) is 1.76. The molecule has 0 radical (unpaired) electrons. The number of esters is 1. The molecule has 3 heterocycles. The minimum absolute atomic E-state index is 0.0427. The van der Waals surface area contributed by atoms with E-state index in [-0.39, 0.29) is 18.6 Å². The lowest BCUT2D eigenvalue weighted by molar-refractivity contribution is -0.144. The fraction of sp³-hybridized carbons (Fsp3) is 0.0952. The van der Waals surface area contributed by atoms with Gasteiger partial charge in [-0.2, -0.15) is 0 Å². The van der Waals surface area contributed by atoms with Crippen LogP contribution in [-0.4, -0.2) is 15.4 Å². The summed E-state index contributed by atoms with van der Waals surface area (Å²) < 4.78 is 12.4. The van der Waals surface area contributed by atoms with Gasteiger partial charge in [0.1, 0.15) is 12.2 Å². The van der Waals surface area contributed by atoms with Gasteiger partial charge in [0.25, 0.3) is 5.56 Å². The minimum atomic E-state index is -0.399. The number of benzene rings is 2. The Morgan fingerprint density at radius 2 is 2.11 bits per heavy atom. The summed E-state index contributed by atoms with van der Waals surface area (Å²) in [6, 6.07) is 13.2. The van der Waals surface area contributed by atoms with Gasteiger partial charge in [-0.1, -0.05) is 30.3 Å². The molecule has 0 saturated heterocycles. The predicted octanol–water partition coefficient (Wildman–Crippen LogP) is 3.94. The molecular weight excluding hydrogens is 376 g/mol. The Hall–Kier alpha value is -3.45. The number of aromatic nitrogens is 2. The zero-order chi connectivity index (χ0) is 19.1. The Morgan fingerprint density at radius 1 is 1.21 bits per heavy atom. The monoisotopic (exact) mass is 390 g/mol. The summed E-state index contributed by atoms with van der Waals surface area (Å²) in [7, 11) is 0. The third-order valence-electron chi connectivity index (χ3n) is 4.61. The second-order valence-electron chi connectivity index (χ2n) is 6.40. The molecule has 0 bridgehead atoms. The smallest absolute Gasteiger partial charge is 0.310 e. The Balaban J connectivity index is 1.38. The molecule has 0 spiro atoms. The molecule has 0 atom stereocenters. The average Bonchev–Trinajstić information content (AvgIpc) is 3.34. The van der Waals surface area contributed by atoms with Crippen molar-refractivity contribution in [3.8, 4) is 0 Å². The van der Waals surface area contributed by atoms with Crippen molar-refractivity contribution in [2.75, 3.05) is 0 Å². The highest BCUT2D eigenvalue weighted by atomic mass is 32.1. The summed E-state index contributed by atoms with van der Waals surface area (Å²) >= 11 is 1.36. The third-order valence-corrected chi connectivity index (χ3v) is 5.37. The largest absolute Gasteiger partial charge is 0.464 e. The first kappa shape index (κ1) is 16.7. The maximum atomic E-state index is 12.4. The topological polar surface area (TPSA) is 73.8 Å². The molecule has 0 saturated carbocycles. The number of thiazole rings is 1. The maximum absolute atomic E-state index is 12.4. The lowest BCUT2D eigenvalue weighted by Gasteiger charge is -2.05. The van der Waals surface area contributed by atoms with Crippen molar-refractivity contribution in [2.24, 2.45) is 0 Å². The molecule has 0 aliphatic carbocycles. The predicted molar refractivity (Wildman–Crippen MR) is 107 cm³/mol. The fourth-order valence-electron chi connectivity index (χ4n) is 3.33. The molecule has 0 unspecified atom stereocenters. The van der Waals surface area contributed by atoms with E-state index in [0.29, 0.717) is 10.7 Å². The standard InChI is InChI=1S/C21H14N2O4S/c24-18-10-15(22-21-23(18)7-8-28-21)12-27-19(25)9-14-11-26-17-6-5-13-3-1-2-4-16(13)20(14)17/h1-8,10-11H,9,12H2. The minimum Gasteiger partial charge on any atom is -0.464 e. The van der Waals surface area contributed by atoms with Crippen LogP contribution in [0.25, 0.3) is 26.7 Å². The highest BCUT2D eigenvalue weighted by Gasteiger charge is 2.14. The molecule has 7 heteroatoms. The molecule has 28 heavy (non-hydrogen) atoms. The number of nitrogens with zero attached hydrogens (tertiary/aromatic N) is 2. The number of carbonyl (C=O) groups excluding carboxylic acids is 1. The molecule has 2 aromatic carbocycles. The number of furan rings is 1. The molecule has 3 aromatic heterocycles. The van der Waals surface area contributed by atoms with E-state index in [9.17, 15) is 9.59 Å². The van der Waals surface area contributed by atoms with E-state index in [1.807, 2.05) is 36.4 Å². The summed E-state index contributed by atoms with van der Waals surface area (Å²) in [5, 5.41) is 4.83. The van der Waals surface area contributed by atoms with E-state index >= 15 is 0 Å². The number of rotatable bonds is 4. The van der Waals surface area contributed by atoms with Crippen LogP contribution in [0.15, 0.2) is 69.5 Å². The van der Waals surface area contributed by atoms with Crippen molar-refractivity contribution in [3.05, 3.63) is 81.9 Å². The lowest BCUT2D eigenvalue weighted by atomic mass is 10.0. The van der Waals surface area contributed by atoms with Gasteiger partial charge >= 0.3 is 5.97 Å². The van der Waals surface area contributed by atoms with E-state index in [2.05, 4.69) is 4.98 Å². The molecule has 5 aromatic rings. The summed E-state index contributed by atoms with van der Waals surface area (Å²) in [5.74, 6) is -0.399. The van der Waals surface area contributed by atoms with E-state index in [4.69, 9.17) is 9.15 Å². The first-order valence-electron chi connectivity index (χ1n) is 8.68. The van der Waals surface area contributed by atoms with Gasteiger partial charge in [-0.05, 0) is 16.8 Å². The normalized spacial score (nSPS) is 11.4. The Morgan fingerprint density at radius 3 is 3.04 bits per heavy atom. The molecule has 0 aliphatic heterocycles. The number of carbonyl (C=O) groups is 1. The van der Waals surface area contributed by atoms with Gasteiger partial charge in [0.15, 0.2) is 4.96 Å². The second kappa shape index (κ2) is 6.61. The van der Waals surface area contributed by atoms with E-state index in [0.717, 1.165) is 27.3 Å². The number of ether oxygens (including phenoxy) is 1. The van der Waals surface area contributed by atoms with E-state index < -0.39 is 5.97 Å². The van der Waals surface area contributed by atoms with Crippen LogP contribution in [0, 0.1) is 0 Å². The molecule has 0 N–H and O–H groups in total. The molecule has 5 rings (SSSR count). The van der Waals surface area contributed by atoms with Gasteiger partial charge in [0.2, 0.25) is 0 Å². The molecule has 0 aliphatic rings. The third kappa shape index (κ3) is 2.86. The van der Waals surface area contributed by atoms with Crippen LogP contribution in [0.4, 0.5) is 0 Å².